The molecule has 7 heteroatoms. The Morgan fingerprint density at radius 1 is 1.10 bits per heavy atom. The number of hydrogen-bond donors (Lipinski definition) is 1. The molecule has 0 spiro atoms. The summed E-state index contributed by atoms with van der Waals surface area (Å²) in [7, 11) is 0. The van der Waals surface area contributed by atoms with Gasteiger partial charge in [-0.15, -0.1) is 10.2 Å². The maximum absolute atomic E-state index is 12.2. The number of hydrogen-bond acceptors (Lipinski definition) is 6. The van der Waals surface area contributed by atoms with Gasteiger partial charge in [-0.05, 0) is 68.7 Å². The van der Waals surface area contributed by atoms with Gasteiger partial charge in [-0.1, -0.05) is 30.0 Å². The minimum atomic E-state index is -0.0498. The Hall–Kier alpha value is -2.80. The summed E-state index contributed by atoms with van der Waals surface area (Å²) in [6, 6.07) is 14.4. The lowest BCUT2D eigenvalue weighted by molar-refractivity contribution is -0.118. The largest absolute Gasteiger partial charge is 0.411 e. The number of amides is 1. The molecule has 0 fully saturated rings. The SMILES string of the molecule is CCN(CCNC(=O)CSc1nnc(-c2ccc(C)c(C)c2)o1)c1cccc(C)c1. The highest BCUT2D eigenvalue weighted by Crippen LogP contribution is 2.24. The van der Waals surface area contributed by atoms with E-state index in [-0.39, 0.29) is 11.7 Å². The molecule has 0 unspecified atom stereocenters. The molecule has 3 rings (SSSR count). The third kappa shape index (κ3) is 5.86. The number of benzene rings is 2. The molecule has 158 valence electrons. The van der Waals surface area contributed by atoms with Gasteiger partial charge in [-0.2, -0.15) is 0 Å². The van der Waals surface area contributed by atoms with E-state index < -0.39 is 0 Å². The molecule has 2 aromatic carbocycles. The molecule has 6 nitrogen and oxygen atoms in total. The standard InChI is InChI=1S/C23H28N4O2S/c1-5-27(20-8-6-7-16(2)13-20)12-11-24-21(28)15-30-23-26-25-22(29-23)19-10-9-17(3)18(4)14-19/h6-10,13-14H,5,11-12,15H2,1-4H3,(H,24,28). The second-order valence-electron chi connectivity index (χ2n) is 7.23. The van der Waals surface area contributed by atoms with E-state index in [1.165, 1.54) is 34.1 Å². The van der Waals surface area contributed by atoms with Crippen LogP contribution in [0.25, 0.3) is 11.5 Å². The van der Waals surface area contributed by atoms with E-state index in [1.54, 1.807) is 0 Å². The Kier molecular flexibility index (Phi) is 7.52. The maximum atomic E-state index is 12.2. The molecule has 1 N–H and O–H groups in total. The van der Waals surface area contributed by atoms with Crippen LogP contribution < -0.4 is 10.2 Å². The zero-order valence-corrected chi connectivity index (χ0v) is 18.8. The van der Waals surface area contributed by atoms with Gasteiger partial charge >= 0.3 is 0 Å². The quantitative estimate of drug-likeness (QED) is 0.514. The maximum Gasteiger partial charge on any atom is 0.277 e. The van der Waals surface area contributed by atoms with Crippen LogP contribution in [0.2, 0.25) is 0 Å². The summed E-state index contributed by atoms with van der Waals surface area (Å²) in [6.45, 7) is 10.5. The van der Waals surface area contributed by atoms with Crippen LogP contribution in [0.3, 0.4) is 0 Å². The van der Waals surface area contributed by atoms with Crippen LogP contribution >= 0.6 is 11.8 Å². The van der Waals surface area contributed by atoms with E-state index in [0.717, 1.165) is 18.7 Å². The van der Waals surface area contributed by atoms with Crippen molar-refractivity contribution in [2.45, 2.75) is 32.9 Å². The molecule has 0 saturated heterocycles. The molecule has 1 amide bonds. The number of carbonyl (C=O) groups is 1. The lowest BCUT2D eigenvalue weighted by Crippen LogP contribution is -2.35. The highest BCUT2D eigenvalue weighted by molar-refractivity contribution is 7.99. The summed E-state index contributed by atoms with van der Waals surface area (Å²) in [5.41, 5.74) is 5.68. The zero-order valence-electron chi connectivity index (χ0n) is 17.9. The predicted molar refractivity (Wildman–Crippen MR) is 122 cm³/mol. The topological polar surface area (TPSA) is 71.3 Å². The average molecular weight is 425 g/mol. The van der Waals surface area contributed by atoms with Crippen molar-refractivity contribution in [1.82, 2.24) is 15.5 Å². The van der Waals surface area contributed by atoms with Gasteiger partial charge in [-0.25, -0.2) is 0 Å². The van der Waals surface area contributed by atoms with E-state index >= 15 is 0 Å². The Balaban J connectivity index is 1.45. The van der Waals surface area contributed by atoms with Crippen LogP contribution in [0, 0.1) is 20.8 Å². The summed E-state index contributed by atoms with van der Waals surface area (Å²) < 4.78 is 5.70. The number of aromatic nitrogens is 2. The van der Waals surface area contributed by atoms with E-state index in [1.807, 2.05) is 25.1 Å². The van der Waals surface area contributed by atoms with Gasteiger partial charge in [-0.3, -0.25) is 4.79 Å². The van der Waals surface area contributed by atoms with E-state index in [4.69, 9.17) is 4.42 Å². The van der Waals surface area contributed by atoms with Gasteiger partial charge < -0.3 is 14.6 Å². The van der Waals surface area contributed by atoms with E-state index in [9.17, 15) is 4.79 Å². The summed E-state index contributed by atoms with van der Waals surface area (Å²) in [5, 5.41) is 11.5. The molecule has 1 aromatic heterocycles. The van der Waals surface area contributed by atoms with Crippen molar-refractivity contribution >= 4 is 23.4 Å². The first-order chi connectivity index (χ1) is 14.5. The van der Waals surface area contributed by atoms with Gasteiger partial charge in [0.05, 0.1) is 5.75 Å². The molecule has 0 aliphatic carbocycles. The molecule has 0 radical (unpaired) electrons. The number of carbonyl (C=O) groups excluding carboxylic acids is 1. The lowest BCUT2D eigenvalue weighted by atomic mass is 10.1. The van der Waals surface area contributed by atoms with Crippen LogP contribution in [0.5, 0.6) is 0 Å². The second kappa shape index (κ2) is 10.3. The van der Waals surface area contributed by atoms with Crippen LogP contribution in [-0.4, -0.2) is 41.5 Å². The molecular weight excluding hydrogens is 396 g/mol. The number of thioether (sulfide) groups is 1. The minimum Gasteiger partial charge on any atom is -0.411 e. The number of likely N-dealkylation sites (N-methyl/N-ethyl adjacent to an activating group) is 1. The van der Waals surface area contributed by atoms with Crippen LogP contribution in [0.15, 0.2) is 52.1 Å². The third-order valence-electron chi connectivity index (χ3n) is 4.94. The van der Waals surface area contributed by atoms with Gasteiger partial charge in [0.25, 0.3) is 5.22 Å². The molecule has 0 saturated carbocycles. The summed E-state index contributed by atoms with van der Waals surface area (Å²) in [4.78, 5) is 14.4. The number of rotatable bonds is 9. The number of aryl methyl sites for hydroxylation is 3. The smallest absolute Gasteiger partial charge is 0.277 e. The fraction of sp³-hybridized carbons (Fsp3) is 0.348. The molecule has 0 aliphatic rings. The zero-order chi connectivity index (χ0) is 21.5. The van der Waals surface area contributed by atoms with Crippen molar-refractivity contribution in [2.24, 2.45) is 0 Å². The number of anilines is 1. The molecule has 30 heavy (non-hydrogen) atoms. The van der Waals surface area contributed by atoms with Gasteiger partial charge in [0, 0.05) is 30.9 Å². The summed E-state index contributed by atoms with van der Waals surface area (Å²) >= 11 is 1.25. The Labute approximate surface area is 182 Å². The number of nitrogens with one attached hydrogen (secondary N) is 1. The monoisotopic (exact) mass is 424 g/mol. The van der Waals surface area contributed by atoms with Gasteiger partial charge in [0.2, 0.25) is 11.8 Å². The van der Waals surface area contributed by atoms with E-state index in [0.29, 0.717) is 17.7 Å². The Morgan fingerprint density at radius 3 is 2.67 bits per heavy atom. The van der Waals surface area contributed by atoms with Crippen LogP contribution in [0.1, 0.15) is 23.6 Å². The molecule has 1 heterocycles. The van der Waals surface area contributed by atoms with Crippen LogP contribution in [-0.2, 0) is 4.79 Å². The highest BCUT2D eigenvalue weighted by Gasteiger charge is 2.12. The lowest BCUT2D eigenvalue weighted by Gasteiger charge is -2.23. The Bertz CT molecular complexity index is 1000. The van der Waals surface area contributed by atoms with E-state index in [2.05, 4.69) is 65.5 Å². The van der Waals surface area contributed by atoms with Crippen molar-refractivity contribution in [3.63, 3.8) is 0 Å². The first kappa shape index (κ1) is 21.9. The van der Waals surface area contributed by atoms with Crippen molar-refractivity contribution in [1.29, 1.82) is 0 Å². The fourth-order valence-corrected chi connectivity index (χ4v) is 3.66. The molecule has 3 aromatic rings. The van der Waals surface area contributed by atoms with Crippen molar-refractivity contribution in [3.8, 4) is 11.5 Å². The first-order valence-corrected chi connectivity index (χ1v) is 11.1. The average Bonchev–Trinajstić information content (AvgIpc) is 3.21. The molecule has 0 atom stereocenters. The Morgan fingerprint density at radius 2 is 1.93 bits per heavy atom. The summed E-state index contributed by atoms with van der Waals surface area (Å²) in [6.07, 6.45) is 0. The molecule has 0 bridgehead atoms. The second-order valence-corrected chi connectivity index (χ2v) is 8.16. The first-order valence-electron chi connectivity index (χ1n) is 10.1. The molecular formula is C23H28N4O2S. The van der Waals surface area contributed by atoms with Crippen molar-refractivity contribution in [3.05, 3.63) is 59.2 Å². The predicted octanol–water partition coefficient (Wildman–Crippen LogP) is 4.40. The molecule has 0 aliphatic heterocycles. The van der Waals surface area contributed by atoms with Crippen LogP contribution in [0.4, 0.5) is 5.69 Å². The normalized spacial score (nSPS) is 10.8. The third-order valence-corrected chi connectivity index (χ3v) is 5.76. The number of nitrogens with zero attached hydrogens (tertiary/aromatic N) is 3. The van der Waals surface area contributed by atoms with Crippen molar-refractivity contribution in [2.75, 3.05) is 30.3 Å². The minimum absolute atomic E-state index is 0.0498. The van der Waals surface area contributed by atoms with Gasteiger partial charge in [0.1, 0.15) is 0 Å². The summed E-state index contributed by atoms with van der Waals surface area (Å²) in [5.74, 6) is 0.662. The van der Waals surface area contributed by atoms with Gasteiger partial charge in [0.15, 0.2) is 0 Å². The van der Waals surface area contributed by atoms with Crippen molar-refractivity contribution < 1.29 is 9.21 Å². The fourth-order valence-electron chi connectivity index (χ4n) is 3.06. The highest BCUT2D eigenvalue weighted by atomic mass is 32.2.